The monoisotopic (exact) mass is 363 g/mol. The first kappa shape index (κ1) is 17.9. The van der Waals surface area contributed by atoms with Gasteiger partial charge in [0.25, 0.3) is 5.91 Å². The molecule has 0 saturated carbocycles. The first-order valence-electron chi connectivity index (χ1n) is 8.24. The number of benzene rings is 2. The van der Waals surface area contributed by atoms with E-state index in [1.54, 1.807) is 30.3 Å². The molecule has 27 heavy (non-hydrogen) atoms. The van der Waals surface area contributed by atoms with E-state index in [-0.39, 0.29) is 12.5 Å². The molecular formula is C19H17N5O3. The Morgan fingerprint density at radius 3 is 2.63 bits per heavy atom. The number of anilines is 1. The van der Waals surface area contributed by atoms with Gasteiger partial charge in [-0.2, -0.15) is 5.26 Å². The van der Waals surface area contributed by atoms with E-state index in [0.717, 1.165) is 5.52 Å². The minimum absolute atomic E-state index is 0.216. The lowest BCUT2D eigenvalue weighted by atomic mass is 10.2. The molecule has 0 saturated heterocycles. The second kappa shape index (κ2) is 7.58. The highest BCUT2D eigenvalue weighted by Crippen LogP contribution is 2.21. The van der Waals surface area contributed by atoms with Gasteiger partial charge in [-0.25, -0.2) is 4.98 Å². The summed E-state index contributed by atoms with van der Waals surface area (Å²) in [6.45, 7) is 2.32. The lowest BCUT2D eigenvalue weighted by molar-refractivity contribution is -0.118. The van der Waals surface area contributed by atoms with Crippen LogP contribution in [0.2, 0.25) is 0 Å². The number of carbonyl (C=O) groups is 2. The van der Waals surface area contributed by atoms with Crippen molar-refractivity contribution in [3.8, 4) is 11.8 Å². The van der Waals surface area contributed by atoms with Crippen molar-refractivity contribution in [2.24, 2.45) is 5.73 Å². The van der Waals surface area contributed by atoms with Gasteiger partial charge in [-0.3, -0.25) is 14.9 Å². The van der Waals surface area contributed by atoms with Crippen LogP contribution in [0.1, 0.15) is 22.8 Å². The molecule has 0 aliphatic heterocycles. The van der Waals surface area contributed by atoms with Gasteiger partial charge in [-0.15, -0.1) is 0 Å². The minimum Gasteiger partial charge on any atom is -0.484 e. The fraction of sp³-hybridized carbons (Fsp3) is 0.158. The highest BCUT2D eigenvalue weighted by atomic mass is 16.5. The van der Waals surface area contributed by atoms with Crippen LogP contribution in [0.25, 0.3) is 11.0 Å². The topological polar surface area (TPSA) is 123 Å². The van der Waals surface area contributed by atoms with Crippen LogP contribution in [0.15, 0.2) is 42.5 Å². The number of nitrogens with one attached hydrogen (secondary N) is 1. The number of nitrogens with zero attached hydrogens (tertiary/aromatic N) is 3. The van der Waals surface area contributed by atoms with E-state index in [1.165, 1.54) is 12.1 Å². The Bertz CT molecular complexity index is 1050. The number of fused-ring (bicyclic) bond motifs is 1. The van der Waals surface area contributed by atoms with Gasteiger partial charge in [0.15, 0.2) is 6.61 Å². The number of nitrogens with two attached hydrogens (primary N) is 1. The third-order valence-corrected chi connectivity index (χ3v) is 3.95. The van der Waals surface area contributed by atoms with Crippen LogP contribution < -0.4 is 15.8 Å². The molecule has 1 aromatic heterocycles. The van der Waals surface area contributed by atoms with Crippen molar-refractivity contribution in [1.29, 1.82) is 5.26 Å². The Morgan fingerprint density at radius 2 is 2.00 bits per heavy atom. The Kier molecular flexibility index (Phi) is 5.04. The van der Waals surface area contributed by atoms with E-state index in [1.807, 2.05) is 11.5 Å². The van der Waals surface area contributed by atoms with Crippen LogP contribution in [-0.4, -0.2) is 28.0 Å². The molecule has 0 bridgehead atoms. The summed E-state index contributed by atoms with van der Waals surface area (Å²) in [7, 11) is 0. The summed E-state index contributed by atoms with van der Waals surface area (Å²) in [4.78, 5) is 27.7. The predicted octanol–water partition coefficient (Wildman–Crippen LogP) is 2.04. The van der Waals surface area contributed by atoms with E-state index in [9.17, 15) is 9.59 Å². The molecule has 0 spiro atoms. The van der Waals surface area contributed by atoms with Crippen molar-refractivity contribution in [1.82, 2.24) is 9.55 Å². The summed E-state index contributed by atoms with van der Waals surface area (Å²) in [5, 5.41) is 11.7. The highest BCUT2D eigenvalue weighted by Gasteiger charge is 2.13. The van der Waals surface area contributed by atoms with Crippen LogP contribution in [0.3, 0.4) is 0 Å². The average molecular weight is 363 g/mol. The number of ether oxygens (including phenoxy) is 1. The third-order valence-electron chi connectivity index (χ3n) is 3.95. The zero-order valence-corrected chi connectivity index (χ0v) is 14.6. The number of rotatable bonds is 6. The molecule has 0 unspecified atom stereocenters. The molecular weight excluding hydrogens is 346 g/mol. The second-order valence-corrected chi connectivity index (χ2v) is 5.72. The molecule has 0 aliphatic rings. The molecule has 0 atom stereocenters. The maximum absolute atomic E-state index is 12.2. The first-order valence-corrected chi connectivity index (χ1v) is 8.24. The number of aromatic nitrogens is 2. The van der Waals surface area contributed by atoms with Gasteiger partial charge in [0, 0.05) is 12.1 Å². The Labute approximate surface area is 155 Å². The van der Waals surface area contributed by atoms with E-state index in [0.29, 0.717) is 34.9 Å². The molecule has 2 aromatic carbocycles. The minimum atomic E-state index is -0.530. The van der Waals surface area contributed by atoms with Gasteiger partial charge in [0.2, 0.25) is 11.9 Å². The number of aryl methyl sites for hydroxylation is 1. The second-order valence-electron chi connectivity index (χ2n) is 5.72. The van der Waals surface area contributed by atoms with E-state index >= 15 is 0 Å². The molecule has 1 heterocycles. The van der Waals surface area contributed by atoms with Gasteiger partial charge in [-0.1, -0.05) is 0 Å². The molecule has 0 aliphatic carbocycles. The standard InChI is InChI=1S/C19H17N5O3/c1-2-24-16-8-3-12(10-20)9-15(16)22-19(24)23-17(25)11-27-14-6-4-13(5-7-14)18(21)26/h3-9H,2,11H2,1H3,(H2,21,26)(H,22,23,25). The molecule has 8 nitrogen and oxygen atoms in total. The maximum Gasteiger partial charge on any atom is 0.264 e. The number of primary amides is 1. The normalized spacial score (nSPS) is 10.4. The SMILES string of the molecule is CCn1c(NC(=O)COc2ccc(C(N)=O)cc2)nc2cc(C#N)ccc21. The predicted molar refractivity (Wildman–Crippen MR) is 99.2 cm³/mol. The van der Waals surface area contributed by atoms with Crippen LogP contribution >= 0.6 is 0 Å². The molecule has 3 aromatic rings. The molecule has 0 radical (unpaired) electrons. The number of amides is 2. The number of hydrogen-bond donors (Lipinski definition) is 2. The summed E-state index contributed by atoms with van der Waals surface area (Å²) in [6, 6.07) is 13.4. The van der Waals surface area contributed by atoms with Crippen LogP contribution in [0, 0.1) is 11.3 Å². The molecule has 8 heteroatoms. The molecule has 3 N–H and O–H groups in total. The Balaban J connectivity index is 1.70. The summed E-state index contributed by atoms with van der Waals surface area (Å²) in [6.07, 6.45) is 0. The zero-order valence-electron chi connectivity index (χ0n) is 14.6. The highest BCUT2D eigenvalue weighted by molar-refractivity contribution is 5.93. The zero-order chi connectivity index (χ0) is 19.4. The van der Waals surface area contributed by atoms with E-state index in [4.69, 9.17) is 15.7 Å². The smallest absolute Gasteiger partial charge is 0.264 e. The van der Waals surface area contributed by atoms with Crippen molar-refractivity contribution in [2.45, 2.75) is 13.5 Å². The van der Waals surface area contributed by atoms with Gasteiger partial charge >= 0.3 is 0 Å². The summed E-state index contributed by atoms with van der Waals surface area (Å²) in [5.41, 5.74) is 7.51. The fourth-order valence-electron chi connectivity index (χ4n) is 2.64. The van der Waals surface area contributed by atoms with Crippen LogP contribution in [0.4, 0.5) is 5.95 Å². The molecule has 2 amide bonds. The third kappa shape index (κ3) is 3.88. The fourth-order valence-corrected chi connectivity index (χ4v) is 2.64. The lowest BCUT2D eigenvalue weighted by Crippen LogP contribution is -2.22. The molecule has 3 rings (SSSR count). The first-order chi connectivity index (χ1) is 13.0. The number of nitriles is 1. The Hall–Kier alpha value is -3.86. The molecule has 136 valence electrons. The number of hydrogen-bond acceptors (Lipinski definition) is 5. The van der Waals surface area contributed by atoms with Crippen molar-refractivity contribution in [3.63, 3.8) is 0 Å². The van der Waals surface area contributed by atoms with E-state index < -0.39 is 5.91 Å². The van der Waals surface area contributed by atoms with Crippen molar-refractivity contribution >= 4 is 28.8 Å². The summed E-state index contributed by atoms with van der Waals surface area (Å²) in [5.74, 6) is -0.0742. The largest absolute Gasteiger partial charge is 0.484 e. The molecule has 0 fully saturated rings. The number of imidazole rings is 1. The van der Waals surface area contributed by atoms with Crippen molar-refractivity contribution in [3.05, 3.63) is 53.6 Å². The van der Waals surface area contributed by atoms with Gasteiger partial charge in [-0.05, 0) is 49.4 Å². The van der Waals surface area contributed by atoms with Crippen LogP contribution in [0.5, 0.6) is 5.75 Å². The summed E-state index contributed by atoms with van der Waals surface area (Å²) < 4.78 is 7.26. The van der Waals surface area contributed by atoms with Crippen molar-refractivity contribution < 1.29 is 14.3 Å². The average Bonchev–Trinajstić information content (AvgIpc) is 3.02. The lowest BCUT2D eigenvalue weighted by Gasteiger charge is -2.09. The summed E-state index contributed by atoms with van der Waals surface area (Å²) >= 11 is 0. The van der Waals surface area contributed by atoms with Gasteiger partial charge in [0.05, 0.1) is 22.7 Å². The number of carbonyl (C=O) groups excluding carboxylic acids is 2. The van der Waals surface area contributed by atoms with Crippen LogP contribution in [-0.2, 0) is 11.3 Å². The van der Waals surface area contributed by atoms with Crippen molar-refractivity contribution in [2.75, 3.05) is 11.9 Å². The van der Waals surface area contributed by atoms with Gasteiger partial charge in [0.1, 0.15) is 5.75 Å². The quantitative estimate of drug-likeness (QED) is 0.694. The maximum atomic E-state index is 12.2. The van der Waals surface area contributed by atoms with E-state index in [2.05, 4.69) is 16.4 Å². The van der Waals surface area contributed by atoms with Gasteiger partial charge < -0.3 is 15.0 Å². The Morgan fingerprint density at radius 1 is 1.26 bits per heavy atom.